The molecular formula is C37H24N2O3. The highest BCUT2D eigenvalue weighted by Gasteiger charge is 2.20. The van der Waals surface area contributed by atoms with Crippen LogP contribution >= 0.6 is 0 Å². The van der Waals surface area contributed by atoms with Gasteiger partial charge in [-0.05, 0) is 48.5 Å². The second kappa shape index (κ2) is 8.66. The molecule has 6 aromatic carbocycles. The number of para-hydroxylation sites is 4. The number of nitrogen functional groups attached to an aromatic ring is 1. The van der Waals surface area contributed by atoms with Gasteiger partial charge in [-0.25, -0.2) is 0 Å². The van der Waals surface area contributed by atoms with Crippen molar-refractivity contribution in [1.29, 1.82) is 0 Å². The minimum absolute atomic E-state index is 0.301. The molecule has 3 aromatic heterocycles. The van der Waals surface area contributed by atoms with Gasteiger partial charge in [0.1, 0.15) is 34.7 Å². The molecule has 0 aliphatic rings. The van der Waals surface area contributed by atoms with Crippen molar-refractivity contribution in [2.24, 2.45) is 0 Å². The van der Waals surface area contributed by atoms with Crippen LogP contribution in [0.4, 0.5) is 5.69 Å². The summed E-state index contributed by atoms with van der Waals surface area (Å²) in [5.41, 5.74) is 14.8. The van der Waals surface area contributed by atoms with Gasteiger partial charge in [-0.15, -0.1) is 0 Å². The zero-order valence-corrected chi connectivity index (χ0v) is 22.5. The van der Waals surface area contributed by atoms with E-state index in [0.29, 0.717) is 18.0 Å². The summed E-state index contributed by atoms with van der Waals surface area (Å²) >= 11 is 0. The summed E-state index contributed by atoms with van der Waals surface area (Å²) in [6.07, 6.45) is 0. The standard InChI is InChI=1S/C37H24N2O3/c38-36-33(20-19-32-35(36)26-12-4-7-15-30(26)41-32)40-21-22-17-18-29(34-25-11-3-8-16-31(25)42-37(22)34)39-27-13-5-1-9-23(27)24-10-2-6-14-28(24)39/h1-20H,21,38H2. The van der Waals surface area contributed by atoms with Crippen molar-refractivity contribution >= 4 is 71.4 Å². The highest BCUT2D eigenvalue weighted by molar-refractivity contribution is 6.15. The van der Waals surface area contributed by atoms with Gasteiger partial charge in [-0.1, -0.05) is 72.8 Å². The maximum absolute atomic E-state index is 6.65. The smallest absolute Gasteiger partial charge is 0.144 e. The van der Waals surface area contributed by atoms with Crippen LogP contribution in [0.3, 0.4) is 0 Å². The Morgan fingerprint density at radius 2 is 1.14 bits per heavy atom. The van der Waals surface area contributed by atoms with E-state index >= 15 is 0 Å². The van der Waals surface area contributed by atoms with Gasteiger partial charge in [0.25, 0.3) is 0 Å². The Morgan fingerprint density at radius 3 is 1.86 bits per heavy atom. The van der Waals surface area contributed by atoms with Crippen LogP contribution in [0.25, 0.3) is 71.4 Å². The summed E-state index contributed by atoms with van der Waals surface area (Å²) in [6, 6.07) is 41.3. The monoisotopic (exact) mass is 544 g/mol. The molecule has 42 heavy (non-hydrogen) atoms. The normalized spacial score (nSPS) is 12.0. The lowest BCUT2D eigenvalue weighted by Crippen LogP contribution is -2.01. The van der Waals surface area contributed by atoms with Gasteiger partial charge in [0.15, 0.2) is 0 Å². The van der Waals surface area contributed by atoms with E-state index in [4.69, 9.17) is 19.3 Å². The van der Waals surface area contributed by atoms with Crippen LogP contribution < -0.4 is 10.5 Å². The van der Waals surface area contributed by atoms with E-state index in [1.807, 2.05) is 48.5 Å². The third-order valence-corrected chi connectivity index (χ3v) is 8.33. The molecule has 9 aromatic rings. The molecule has 0 saturated carbocycles. The molecule has 0 unspecified atom stereocenters. The number of fused-ring (bicyclic) bond motifs is 9. The lowest BCUT2D eigenvalue weighted by molar-refractivity contribution is 0.308. The summed E-state index contributed by atoms with van der Waals surface area (Å²) in [5, 5.41) is 6.42. The van der Waals surface area contributed by atoms with Gasteiger partial charge in [-0.2, -0.15) is 0 Å². The van der Waals surface area contributed by atoms with Gasteiger partial charge in [-0.3, -0.25) is 0 Å². The van der Waals surface area contributed by atoms with Crippen LogP contribution in [0.1, 0.15) is 5.56 Å². The molecule has 0 radical (unpaired) electrons. The number of anilines is 1. The van der Waals surface area contributed by atoms with Crippen molar-refractivity contribution in [1.82, 2.24) is 4.57 Å². The zero-order chi connectivity index (χ0) is 27.8. The average Bonchev–Trinajstić information content (AvgIpc) is 3.71. The number of benzene rings is 6. The summed E-state index contributed by atoms with van der Waals surface area (Å²) in [4.78, 5) is 0. The van der Waals surface area contributed by atoms with Crippen molar-refractivity contribution in [3.05, 3.63) is 127 Å². The molecule has 0 aliphatic carbocycles. The van der Waals surface area contributed by atoms with Gasteiger partial charge in [0, 0.05) is 27.1 Å². The predicted molar refractivity (Wildman–Crippen MR) is 171 cm³/mol. The van der Waals surface area contributed by atoms with Crippen LogP contribution in [0.5, 0.6) is 5.75 Å². The molecule has 5 heteroatoms. The molecule has 0 bridgehead atoms. The number of hydrogen-bond donors (Lipinski definition) is 1. The van der Waals surface area contributed by atoms with Crippen LogP contribution in [0.2, 0.25) is 0 Å². The summed E-state index contributed by atoms with van der Waals surface area (Å²) in [6.45, 7) is 0.301. The first-order valence-electron chi connectivity index (χ1n) is 14.0. The Morgan fingerprint density at radius 1 is 0.548 bits per heavy atom. The van der Waals surface area contributed by atoms with Crippen LogP contribution in [-0.2, 0) is 6.61 Å². The Hall–Kier alpha value is -5.68. The highest BCUT2D eigenvalue weighted by Crippen LogP contribution is 2.41. The maximum Gasteiger partial charge on any atom is 0.144 e. The van der Waals surface area contributed by atoms with Crippen molar-refractivity contribution in [3.63, 3.8) is 0 Å². The average molecular weight is 545 g/mol. The van der Waals surface area contributed by atoms with Gasteiger partial charge >= 0.3 is 0 Å². The van der Waals surface area contributed by atoms with E-state index < -0.39 is 0 Å². The number of ether oxygens (including phenoxy) is 1. The van der Waals surface area contributed by atoms with Crippen molar-refractivity contribution in [2.45, 2.75) is 6.61 Å². The van der Waals surface area contributed by atoms with E-state index in [1.165, 1.54) is 10.8 Å². The molecule has 9 rings (SSSR count). The first kappa shape index (κ1) is 23.1. The fourth-order valence-corrected chi connectivity index (χ4v) is 6.45. The number of furan rings is 2. The van der Waals surface area contributed by atoms with E-state index in [2.05, 4.69) is 77.4 Å². The Bertz CT molecular complexity index is 2440. The Balaban J connectivity index is 1.22. The van der Waals surface area contributed by atoms with Gasteiger partial charge in [0.2, 0.25) is 0 Å². The Kier molecular flexibility index (Phi) is 4.75. The van der Waals surface area contributed by atoms with Crippen LogP contribution in [-0.4, -0.2) is 4.57 Å². The lowest BCUT2D eigenvalue weighted by Gasteiger charge is -2.13. The van der Waals surface area contributed by atoms with Crippen LogP contribution in [0, 0.1) is 0 Å². The number of hydrogen-bond acceptors (Lipinski definition) is 4. The van der Waals surface area contributed by atoms with E-state index in [-0.39, 0.29) is 0 Å². The Labute approximate surface area is 239 Å². The van der Waals surface area contributed by atoms with Crippen molar-refractivity contribution < 1.29 is 13.6 Å². The molecular weight excluding hydrogens is 520 g/mol. The second-order valence-corrected chi connectivity index (χ2v) is 10.7. The molecule has 0 aliphatic heterocycles. The van der Waals surface area contributed by atoms with Gasteiger partial charge in [0.05, 0.1) is 33.2 Å². The zero-order valence-electron chi connectivity index (χ0n) is 22.5. The number of nitrogens with zero attached hydrogens (tertiary/aromatic N) is 1. The maximum atomic E-state index is 6.65. The molecule has 0 amide bonds. The minimum atomic E-state index is 0.301. The topological polar surface area (TPSA) is 66.5 Å². The summed E-state index contributed by atoms with van der Waals surface area (Å²) in [5.74, 6) is 0.616. The lowest BCUT2D eigenvalue weighted by atomic mass is 10.1. The molecule has 0 saturated heterocycles. The predicted octanol–water partition coefficient (Wildman–Crippen LogP) is 9.74. The fraction of sp³-hybridized carbons (Fsp3) is 0.0270. The molecule has 200 valence electrons. The molecule has 5 nitrogen and oxygen atoms in total. The summed E-state index contributed by atoms with van der Waals surface area (Å²) in [7, 11) is 0. The first-order valence-corrected chi connectivity index (χ1v) is 14.0. The quantitative estimate of drug-likeness (QED) is 0.224. The molecule has 0 spiro atoms. The van der Waals surface area contributed by atoms with E-state index in [1.54, 1.807) is 0 Å². The number of rotatable bonds is 4. The molecule has 0 fully saturated rings. The molecule has 3 heterocycles. The molecule has 0 atom stereocenters. The fourth-order valence-electron chi connectivity index (χ4n) is 6.45. The van der Waals surface area contributed by atoms with E-state index in [0.717, 1.165) is 66.2 Å². The first-order chi connectivity index (χ1) is 20.8. The van der Waals surface area contributed by atoms with Crippen molar-refractivity contribution in [3.8, 4) is 11.4 Å². The largest absolute Gasteiger partial charge is 0.487 e. The SMILES string of the molecule is Nc1c(OCc2ccc(-n3c4ccccc4c4ccccc43)c3c2oc2ccccc23)ccc2oc3ccccc3c12. The van der Waals surface area contributed by atoms with Crippen LogP contribution in [0.15, 0.2) is 130 Å². The van der Waals surface area contributed by atoms with Gasteiger partial charge < -0.3 is 23.9 Å². The third-order valence-electron chi connectivity index (χ3n) is 8.33. The van der Waals surface area contributed by atoms with Crippen molar-refractivity contribution in [2.75, 3.05) is 5.73 Å². The summed E-state index contributed by atoms with van der Waals surface area (Å²) < 4.78 is 21.3. The highest BCUT2D eigenvalue weighted by atomic mass is 16.5. The number of nitrogens with two attached hydrogens (primary N) is 1. The third kappa shape index (κ3) is 3.19. The number of aromatic nitrogens is 1. The van der Waals surface area contributed by atoms with E-state index in [9.17, 15) is 0 Å². The second-order valence-electron chi connectivity index (χ2n) is 10.7. The minimum Gasteiger partial charge on any atom is -0.487 e. The molecule has 2 N–H and O–H groups in total.